The van der Waals surface area contributed by atoms with Crippen molar-refractivity contribution in [2.75, 3.05) is 32.5 Å². The van der Waals surface area contributed by atoms with Crippen molar-refractivity contribution in [3.8, 4) is 0 Å². The second-order valence-corrected chi connectivity index (χ2v) is 7.88. The van der Waals surface area contributed by atoms with Crippen molar-refractivity contribution in [1.29, 1.82) is 0 Å². The van der Waals surface area contributed by atoms with Gasteiger partial charge in [0.25, 0.3) is 0 Å². The zero-order valence-corrected chi connectivity index (χ0v) is 14.6. The fourth-order valence-corrected chi connectivity index (χ4v) is 4.17. The van der Waals surface area contributed by atoms with E-state index in [1.807, 2.05) is 12.1 Å². The van der Waals surface area contributed by atoms with E-state index in [4.69, 9.17) is 16.3 Å². The van der Waals surface area contributed by atoms with Gasteiger partial charge in [0.15, 0.2) is 0 Å². The molecule has 0 amide bonds. The number of halogens is 1. The summed E-state index contributed by atoms with van der Waals surface area (Å²) in [5.41, 5.74) is 2.45. The van der Waals surface area contributed by atoms with Crippen LogP contribution < -0.4 is 4.72 Å². The molecule has 2 rings (SSSR count). The van der Waals surface area contributed by atoms with Crippen LogP contribution >= 0.6 is 11.6 Å². The van der Waals surface area contributed by atoms with Gasteiger partial charge in [0.05, 0.1) is 11.9 Å². The maximum atomic E-state index is 11.9. The van der Waals surface area contributed by atoms with Crippen molar-refractivity contribution in [1.82, 2.24) is 9.62 Å². The number of nitrogens with zero attached hydrogens (tertiary/aromatic N) is 1. The van der Waals surface area contributed by atoms with Crippen molar-refractivity contribution < 1.29 is 13.2 Å². The first-order valence-electron chi connectivity index (χ1n) is 7.40. The number of hydrogen-bond donors (Lipinski definition) is 1. The molecule has 1 aromatic carbocycles. The molecule has 0 saturated carbocycles. The standard InChI is InChI=1S/C15H23ClN2O3S/c1-12(21-2)11-22(19,20)17-7-9-18-8-6-14-13(10-18)4-3-5-15(14)16/h3-5,12,17H,6-11H2,1-2H3/t12-/m0/s1. The minimum Gasteiger partial charge on any atom is -0.381 e. The molecule has 7 heteroatoms. The first kappa shape index (κ1) is 17.7. The van der Waals surface area contributed by atoms with E-state index < -0.39 is 10.0 Å². The third-order valence-corrected chi connectivity index (χ3v) is 5.80. The van der Waals surface area contributed by atoms with Crippen LogP contribution in [0.3, 0.4) is 0 Å². The Labute approximate surface area is 137 Å². The van der Waals surface area contributed by atoms with Crippen LogP contribution in [0.1, 0.15) is 18.1 Å². The van der Waals surface area contributed by atoms with Gasteiger partial charge in [-0.1, -0.05) is 23.7 Å². The van der Waals surface area contributed by atoms with Crippen molar-refractivity contribution in [3.05, 3.63) is 34.3 Å². The average Bonchev–Trinajstić information content (AvgIpc) is 2.46. The smallest absolute Gasteiger partial charge is 0.214 e. The third-order valence-electron chi connectivity index (χ3n) is 3.89. The number of ether oxygens (including phenoxy) is 1. The lowest BCUT2D eigenvalue weighted by Crippen LogP contribution is -2.39. The van der Waals surface area contributed by atoms with Crippen LogP contribution in [-0.4, -0.2) is 51.9 Å². The van der Waals surface area contributed by atoms with E-state index in [9.17, 15) is 8.42 Å². The Bertz CT molecular complexity index is 607. The topological polar surface area (TPSA) is 58.6 Å². The Morgan fingerprint density at radius 2 is 2.23 bits per heavy atom. The summed E-state index contributed by atoms with van der Waals surface area (Å²) in [5, 5.41) is 0.825. The summed E-state index contributed by atoms with van der Waals surface area (Å²) in [4.78, 5) is 2.24. The molecule has 1 N–H and O–H groups in total. The molecule has 1 aromatic rings. The van der Waals surface area contributed by atoms with Crippen molar-refractivity contribution >= 4 is 21.6 Å². The highest BCUT2D eigenvalue weighted by molar-refractivity contribution is 7.89. The molecule has 124 valence electrons. The van der Waals surface area contributed by atoms with Gasteiger partial charge in [0.1, 0.15) is 0 Å². The average molecular weight is 347 g/mol. The minimum atomic E-state index is -3.28. The largest absolute Gasteiger partial charge is 0.381 e. The van der Waals surface area contributed by atoms with Gasteiger partial charge >= 0.3 is 0 Å². The summed E-state index contributed by atoms with van der Waals surface area (Å²) in [6, 6.07) is 5.96. The number of nitrogens with one attached hydrogen (secondary N) is 1. The number of methoxy groups -OCH3 is 1. The molecular weight excluding hydrogens is 324 g/mol. The molecule has 1 heterocycles. The fourth-order valence-electron chi connectivity index (χ4n) is 2.61. The second-order valence-electron chi connectivity index (χ2n) is 5.63. The van der Waals surface area contributed by atoms with Crippen LogP contribution in [-0.2, 0) is 27.7 Å². The maximum Gasteiger partial charge on any atom is 0.214 e. The van der Waals surface area contributed by atoms with E-state index in [0.717, 1.165) is 24.5 Å². The van der Waals surface area contributed by atoms with E-state index in [1.165, 1.54) is 18.2 Å². The number of sulfonamides is 1. The molecule has 0 aliphatic carbocycles. The maximum absolute atomic E-state index is 11.9. The van der Waals surface area contributed by atoms with Crippen LogP contribution in [0.5, 0.6) is 0 Å². The van der Waals surface area contributed by atoms with Crippen LogP contribution in [0.2, 0.25) is 5.02 Å². The van der Waals surface area contributed by atoms with Crippen LogP contribution in [0.15, 0.2) is 18.2 Å². The highest BCUT2D eigenvalue weighted by Crippen LogP contribution is 2.25. The minimum absolute atomic E-state index is 0.0120. The molecule has 22 heavy (non-hydrogen) atoms. The second kappa shape index (κ2) is 7.75. The Morgan fingerprint density at radius 1 is 1.45 bits per heavy atom. The van der Waals surface area contributed by atoms with Gasteiger partial charge in [0.2, 0.25) is 10.0 Å². The van der Waals surface area contributed by atoms with E-state index in [2.05, 4.69) is 15.7 Å². The zero-order valence-electron chi connectivity index (χ0n) is 13.0. The van der Waals surface area contributed by atoms with Gasteiger partial charge in [-0.05, 0) is 30.5 Å². The van der Waals surface area contributed by atoms with Gasteiger partial charge in [-0.2, -0.15) is 0 Å². The summed E-state index contributed by atoms with van der Waals surface area (Å²) in [7, 11) is -1.77. The highest BCUT2D eigenvalue weighted by atomic mass is 35.5. The predicted octanol–water partition coefficient (Wildman–Crippen LogP) is 1.65. The van der Waals surface area contributed by atoms with E-state index >= 15 is 0 Å². The first-order valence-corrected chi connectivity index (χ1v) is 9.43. The number of fused-ring (bicyclic) bond motifs is 1. The number of hydrogen-bond acceptors (Lipinski definition) is 4. The normalized spacial score (nSPS) is 17.2. The summed E-state index contributed by atoms with van der Waals surface area (Å²) in [6.07, 6.45) is 0.601. The molecule has 1 aliphatic heterocycles. The summed E-state index contributed by atoms with van der Waals surface area (Å²) < 4.78 is 31.3. The van der Waals surface area contributed by atoms with Crippen molar-refractivity contribution in [2.45, 2.75) is 26.0 Å². The quantitative estimate of drug-likeness (QED) is 0.815. The molecule has 0 spiro atoms. The lowest BCUT2D eigenvalue weighted by Gasteiger charge is -2.29. The summed E-state index contributed by atoms with van der Waals surface area (Å²) >= 11 is 6.19. The van der Waals surface area contributed by atoms with Crippen LogP contribution in [0.4, 0.5) is 0 Å². The molecule has 5 nitrogen and oxygen atoms in total. The lowest BCUT2D eigenvalue weighted by atomic mass is 10.00. The van der Waals surface area contributed by atoms with Crippen molar-refractivity contribution in [2.24, 2.45) is 0 Å². The Hall–Kier alpha value is -0.660. The Kier molecular flexibility index (Phi) is 6.23. The molecule has 0 saturated heterocycles. The first-order chi connectivity index (χ1) is 10.4. The Morgan fingerprint density at radius 3 is 2.95 bits per heavy atom. The van der Waals surface area contributed by atoms with Crippen LogP contribution in [0, 0.1) is 0 Å². The lowest BCUT2D eigenvalue weighted by molar-refractivity contribution is 0.136. The van der Waals surface area contributed by atoms with Crippen LogP contribution in [0.25, 0.3) is 0 Å². The summed E-state index contributed by atoms with van der Waals surface area (Å²) in [5.74, 6) is -0.0120. The number of rotatable bonds is 7. The van der Waals surface area contributed by atoms with Gasteiger partial charge in [-0.15, -0.1) is 0 Å². The SMILES string of the molecule is CO[C@@H](C)CS(=O)(=O)NCCN1CCc2c(Cl)cccc2C1. The Balaban J connectivity index is 1.82. The molecule has 1 aliphatic rings. The summed E-state index contributed by atoms with van der Waals surface area (Å²) in [6.45, 7) is 4.55. The molecular formula is C15H23ClN2O3S. The van der Waals surface area contributed by atoms with Gasteiger partial charge < -0.3 is 4.74 Å². The van der Waals surface area contributed by atoms with Crippen molar-refractivity contribution in [3.63, 3.8) is 0 Å². The highest BCUT2D eigenvalue weighted by Gasteiger charge is 2.19. The van der Waals surface area contributed by atoms with E-state index in [1.54, 1.807) is 6.92 Å². The van der Waals surface area contributed by atoms with Gasteiger partial charge in [0, 0.05) is 38.3 Å². The molecule has 0 bridgehead atoms. The molecule has 0 aromatic heterocycles. The molecule has 0 radical (unpaired) electrons. The van der Waals surface area contributed by atoms with E-state index in [0.29, 0.717) is 13.1 Å². The molecule has 0 fully saturated rings. The van der Waals surface area contributed by atoms with Gasteiger partial charge in [-0.25, -0.2) is 13.1 Å². The predicted molar refractivity (Wildman–Crippen MR) is 88.7 cm³/mol. The molecule has 1 atom stereocenters. The van der Waals surface area contributed by atoms with E-state index in [-0.39, 0.29) is 11.9 Å². The monoisotopic (exact) mass is 346 g/mol. The fraction of sp³-hybridized carbons (Fsp3) is 0.600. The van der Waals surface area contributed by atoms with Gasteiger partial charge in [-0.3, -0.25) is 4.90 Å². The zero-order chi connectivity index (χ0) is 16.2. The third kappa shape index (κ3) is 4.93. The molecule has 0 unspecified atom stereocenters. The number of benzene rings is 1.